The Morgan fingerprint density at radius 3 is 2.76 bits per heavy atom. The molecule has 2 atom stereocenters. The van der Waals surface area contributed by atoms with Crippen molar-refractivity contribution in [1.29, 1.82) is 0 Å². The number of aromatic nitrogens is 1. The van der Waals surface area contributed by atoms with E-state index in [1.54, 1.807) is 5.56 Å². The average Bonchev–Trinajstić information content (AvgIpc) is 2.84. The van der Waals surface area contributed by atoms with Gasteiger partial charge < -0.3 is 4.98 Å². The molecule has 0 bridgehead atoms. The molecule has 112 valence electrons. The maximum Gasteiger partial charge on any atom is 0.0504 e. The van der Waals surface area contributed by atoms with Crippen LogP contribution in [0.3, 0.4) is 0 Å². The lowest BCUT2D eigenvalue weighted by Crippen LogP contribution is -2.43. The lowest BCUT2D eigenvalue weighted by atomic mass is 9.72. The average molecular weight is 282 g/mol. The summed E-state index contributed by atoms with van der Waals surface area (Å²) in [6.45, 7) is 9.71. The van der Waals surface area contributed by atoms with Gasteiger partial charge >= 0.3 is 0 Å². The van der Waals surface area contributed by atoms with Crippen LogP contribution in [0.15, 0.2) is 24.3 Å². The van der Waals surface area contributed by atoms with Crippen LogP contribution in [0.2, 0.25) is 0 Å². The number of fused-ring (bicyclic) bond motifs is 5. The molecule has 2 heteroatoms. The summed E-state index contributed by atoms with van der Waals surface area (Å²) in [5, 5.41) is 1.45. The molecule has 0 spiro atoms. The highest BCUT2D eigenvalue weighted by Gasteiger charge is 2.38. The molecule has 0 unspecified atom stereocenters. The zero-order valence-electron chi connectivity index (χ0n) is 13.4. The van der Waals surface area contributed by atoms with Gasteiger partial charge in [0.15, 0.2) is 0 Å². The molecule has 1 aromatic carbocycles. The topological polar surface area (TPSA) is 19.0 Å². The van der Waals surface area contributed by atoms with Crippen LogP contribution >= 0.6 is 0 Å². The maximum absolute atomic E-state index is 3.75. The van der Waals surface area contributed by atoms with Crippen LogP contribution in [0.25, 0.3) is 10.9 Å². The number of piperidine rings is 1. The minimum atomic E-state index is 0.426. The Morgan fingerprint density at radius 1 is 1.14 bits per heavy atom. The monoisotopic (exact) mass is 282 g/mol. The quantitative estimate of drug-likeness (QED) is 0.752. The first-order chi connectivity index (χ1) is 10.0. The summed E-state index contributed by atoms with van der Waals surface area (Å²) in [4.78, 5) is 6.45. The fraction of sp³-hybridized carbons (Fsp3) is 0.579. The third-order valence-corrected chi connectivity index (χ3v) is 5.77. The van der Waals surface area contributed by atoms with E-state index >= 15 is 0 Å². The number of H-pyrrole nitrogens is 1. The number of nitrogens with one attached hydrogen (secondary N) is 1. The molecule has 2 nitrogen and oxygen atoms in total. The van der Waals surface area contributed by atoms with Crippen LogP contribution < -0.4 is 0 Å². The molecule has 0 saturated carbocycles. The van der Waals surface area contributed by atoms with E-state index in [1.165, 1.54) is 48.9 Å². The number of para-hydroxylation sites is 1. The van der Waals surface area contributed by atoms with Gasteiger partial charge in [0.05, 0.1) is 6.04 Å². The van der Waals surface area contributed by atoms with Gasteiger partial charge in [-0.2, -0.15) is 0 Å². The Morgan fingerprint density at radius 2 is 1.95 bits per heavy atom. The normalized spacial score (nSPS) is 26.6. The van der Waals surface area contributed by atoms with E-state index in [4.69, 9.17) is 0 Å². The first-order valence-corrected chi connectivity index (χ1v) is 8.37. The van der Waals surface area contributed by atoms with Crippen molar-refractivity contribution in [3.8, 4) is 0 Å². The van der Waals surface area contributed by atoms with E-state index in [0.717, 1.165) is 5.92 Å². The van der Waals surface area contributed by atoms with Crippen molar-refractivity contribution in [3.63, 3.8) is 0 Å². The fourth-order valence-corrected chi connectivity index (χ4v) is 4.40. The predicted octanol–water partition coefficient (Wildman–Crippen LogP) is 4.52. The van der Waals surface area contributed by atoms with Crippen molar-refractivity contribution in [1.82, 2.24) is 9.88 Å². The van der Waals surface area contributed by atoms with Crippen LogP contribution in [0.1, 0.15) is 50.9 Å². The summed E-state index contributed by atoms with van der Waals surface area (Å²) < 4.78 is 0. The van der Waals surface area contributed by atoms with Gasteiger partial charge in [-0.25, -0.2) is 0 Å². The lowest BCUT2D eigenvalue weighted by molar-refractivity contribution is 0.0537. The number of hydrogen-bond donors (Lipinski definition) is 1. The van der Waals surface area contributed by atoms with Crippen molar-refractivity contribution in [3.05, 3.63) is 35.5 Å². The van der Waals surface area contributed by atoms with Crippen molar-refractivity contribution >= 4 is 10.9 Å². The van der Waals surface area contributed by atoms with Gasteiger partial charge in [0, 0.05) is 23.1 Å². The number of rotatable bonds is 0. The van der Waals surface area contributed by atoms with Gasteiger partial charge in [0.1, 0.15) is 0 Å². The summed E-state index contributed by atoms with van der Waals surface area (Å²) in [5.74, 6) is 0.830. The molecule has 21 heavy (non-hydrogen) atoms. The van der Waals surface area contributed by atoms with E-state index in [0.29, 0.717) is 11.5 Å². The predicted molar refractivity (Wildman–Crippen MR) is 88.5 cm³/mol. The number of hydrogen-bond acceptors (Lipinski definition) is 1. The standard InChI is InChI=1S/C19H26N2/c1-19(2,3)13-8-10-21-11-9-15-14-6-4-5-7-16(14)20-18(15)17(21)12-13/h4-7,13,17,20H,8-12H2,1-3H3/t13-,17-/m0/s1. The van der Waals surface area contributed by atoms with Gasteiger partial charge in [0.2, 0.25) is 0 Å². The molecule has 1 aromatic heterocycles. The summed E-state index contributed by atoms with van der Waals surface area (Å²) in [6, 6.07) is 9.42. The molecule has 4 rings (SSSR count). The largest absolute Gasteiger partial charge is 0.357 e. The van der Waals surface area contributed by atoms with E-state index in [-0.39, 0.29) is 0 Å². The molecule has 0 aliphatic carbocycles. The smallest absolute Gasteiger partial charge is 0.0504 e. The first-order valence-electron chi connectivity index (χ1n) is 8.37. The summed E-state index contributed by atoms with van der Waals surface area (Å²) in [5.41, 5.74) is 4.84. The Balaban J connectivity index is 1.75. The van der Waals surface area contributed by atoms with E-state index < -0.39 is 0 Å². The van der Waals surface area contributed by atoms with E-state index in [9.17, 15) is 0 Å². The summed E-state index contributed by atoms with van der Waals surface area (Å²) >= 11 is 0. The van der Waals surface area contributed by atoms with Crippen molar-refractivity contribution in [2.45, 2.75) is 46.1 Å². The van der Waals surface area contributed by atoms with Gasteiger partial charge in [-0.15, -0.1) is 0 Å². The van der Waals surface area contributed by atoms with Crippen LogP contribution in [0.4, 0.5) is 0 Å². The molecule has 1 fully saturated rings. The summed E-state index contributed by atoms with van der Waals surface area (Å²) in [7, 11) is 0. The molecule has 3 heterocycles. The molecule has 2 aromatic rings. The zero-order valence-corrected chi connectivity index (χ0v) is 13.4. The maximum atomic E-state index is 3.75. The lowest BCUT2D eigenvalue weighted by Gasteiger charge is -2.46. The van der Waals surface area contributed by atoms with Gasteiger partial charge in [0.25, 0.3) is 0 Å². The second-order valence-electron chi connectivity index (χ2n) is 7.95. The van der Waals surface area contributed by atoms with Crippen LogP contribution in [-0.2, 0) is 6.42 Å². The summed E-state index contributed by atoms with van der Waals surface area (Å²) in [6.07, 6.45) is 3.87. The number of nitrogens with zero attached hydrogens (tertiary/aromatic N) is 1. The minimum absolute atomic E-state index is 0.426. The van der Waals surface area contributed by atoms with E-state index in [1.807, 2.05) is 0 Å². The third kappa shape index (κ3) is 2.12. The molecule has 0 amide bonds. The second-order valence-corrected chi connectivity index (χ2v) is 7.95. The second kappa shape index (κ2) is 4.61. The highest BCUT2D eigenvalue weighted by atomic mass is 15.2. The molecular formula is C19H26N2. The Kier molecular flexibility index (Phi) is 2.94. The molecule has 1 saturated heterocycles. The number of aromatic amines is 1. The molecular weight excluding hydrogens is 256 g/mol. The Bertz CT molecular complexity index is 662. The minimum Gasteiger partial charge on any atom is -0.357 e. The fourth-order valence-electron chi connectivity index (χ4n) is 4.40. The zero-order chi connectivity index (χ0) is 14.6. The van der Waals surface area contributed by atoms with Gasteiger partial charge in [-0.1, -0.05) is 39.0 Å². The van der Waals surface area contributed by atoms with Crippen molar-refractivity contribution in [2.24, 2.45) is 11.3 Å². The van der Waals surface area contributed by atoms with Gasteiger partial charge in [-0.05, 0) is 48.8 Å². The van der Waals surface area contributed by atoms with Gasteiger partial charge in [-0.3, -0.25) is 4.90 Å². The number of benzene rings is 1. The van der Waals surface area contributed by atoms with E-state index in [2.05, 4.69) is 54.9 Å². The van der Waals surface area contributed by atoms with Crippen LogP contribution in [0.5, 0.6) is 0 Å². The molecule has 2 aliphatic heterocycles. The Labute approximate surface area is 127 Å². The van der Waals surface area contributed by atoms with Crippen LogP contribution in [0, 0.1) is 11.3 Å². The van der Waals surface area contributed by atoms with Crippen LogP contribution in [-0.4, -0.2) is 23.0 Å². The first kappa shape index (κ1) is 13.4. The molecule has 1 N–H and O–H groups in total. The molecule has 2 aliphatic rings. The highest BCUT2D eigenvalue weighted by Crippen LogP contribution is 2.45. The molecule has 0 radical (unpaired) electrons. The highest BCUT2D eigenvalue weighted by molar-refractivity contribution is 5.85. The van der Waals surface area contributed by atoms with Crippen molar-refractivity contribution < 1.29 is 0 Å². The van der Waals surface area contributed by atoms with Crippen molar-refractivity contribution in [2.75, 3.05) is 13.1 Å². The third-order valence-electron chi connectivity index (χ3n) is 5.77. The Hall–Kier alpha value is -1.28. The SMILES string of the molecule is CC(C)(C)[C@H]1CCN2CCc3c([nH]c4ccccc34)[C@@H]2C1.